The molecule has 0 radical (unpaired) electrons. The molecule has 7 heteroatoms. The minimum atomic E-state index is -0.221. The summed E-state index contributed by atoms with van der Waals surface area (Å²) in [6.45, 7) is 6.27. The van der Waals surface area contributed by atoms with E-state index in [1.165, 1.54) is 23.5 Å². The number of rotatable bonds is 5. The van der Waals surface area contributed by atoms with Crippen molar-refractivity contribution in [2.75, 3.05) is 26.2 Å². The summed E-state index contributed by atoms with van der Waals surface area (Å²) in [5, 5.41) is 1.83. The quantitative estimate of drug-likeness (QED) is 0.804. The van der Waals surface area contributed by atoms with Gasteiger partial charge in [0.05, 0.1) is 0 Å². The SMILES string of the molecule is Cc1csc(=O)n1CCC(=O)N1CCCN(Cc2ccc(F)cc2)CC1. The number of benzene rings is 1. The fourth-order valence-corrected chi connectivity index (χ4v) is 4.03. The van der Waals surface area contributed by atoms with Crippen LogP contribution in [0.1, 0.15) is 24.1 Å². The Bertz CT molecular complexity index is 800. The van der Waals surface area contributed by atoms with Crippen LogP contribution in [0.5, 0.6) is 0 Å². The van der Waals surface area contributed by atoms with Gasteiger partial charge in [0.2, 0.25) is 5.91 Å². The molecule has 3 rings (SSSR count). The molecule has 1 aliphatic rings. The molecule has 2 aromatic rings. The number of hydrogen-bond acceptors (Lipinski definition) is 4. The minimum absolute atomic E-state index is 0.00311. The highest BCUT2D eigenvalue weighted by atomic mass is 32.1. The van der Waals surface area contributed by atoms with Crippen LogP contribution < -0.4 is 4.87 Å². The first-order valence-electron chi connectivity index (χ1n) is 8.92. The molecule has 5 nitrogen and oxygen atoms in total. The van der Waals surface area contributed by atoms with Gasteiger partial charge in [0.25, 0.3) is 0 Å². The van der Waals surface area contributed by atoms with Crippen molar-refractivity contribution in [3.05, 3.63) is 56.4 Å². The molecule has 2 heterocycles. The van der Waals surface area contributed by atoms with Crippen molar-refractivity contribution >= 4 is 17.2 Å². The van der Waals surface area contributed by atoms with E-state index in [-0.39, 0.29) is 16.6 Å². The Morgan fingerprint density at radius 2 is 1.92 bits per heavy atom. The van der Waals surface area contributed by atoms with E-state index >= 15 is 0 Å². The summed E-state index contributed by atoms with van der Waals surface area (Å²) in [6, 6.07) is 6.59. The van der Waals surface area contributed by atoms with E-state index in [0.717, 1.165) is 43.9 Å². The van der Waals surface area contributed by atoms with Gasteiger partial charge in [-0.2, -0.15) is 0 Å². The second-order valence-electron chi connectivity index (χ2n) is 6.68. The summed E-state index contributed by atoms with van der Waals surface area (Å²) in [4.78, 5) is 28.5. The first-order valence-corrected chi connectivity index (χ1v) is 9.80. The molecule has 1 aromatic heterocycles. The molecule has 0 spiro atoms. The minimum Gasteiger partial charge on any atom is -0.341 e. The summed E-state index contributed by atoms with van der Waals surface area (Å²) in [5.74, 6) is -0.118. The lowest BCUT2D eigenvalue weighted by Crippen LogP contribution is -2.35. The fraction of sp³-hybridized carbons (Fsp3) is 0.474. The Morgan fingerprint density at radius 3 is 2.62 bits per heavy atom. The van der Waals surface area contributed by atoms with Crippen molar-refractivity contribution in [1.82, 2.24) is 14.4 Å². The molecule has 0 atom stereocenters. The zero-order chi connectivity index (χ0) is 18.5. The number of halogens is 1. The highest BCUT2D eigenvalue weighted by molar-refractivity contribution is 7.07. The van der Waals surface area contributed by atoms with E-state index in [0.29, 0.717) is 19.5 Å². The highest BCUT2D eigenvalue weighted by Crippen LogP contribution is 2.11. The van der Waals surface area contributed by atoms with Crippen molar-refractivity contribution in [3.63, 3.8) is 0 Å². The molecule has 1 saturated heterocycles. The summed E-state index contributed by atoms with van der Waals surface area (Å²) in [6.07, 6.45) is 1.28. The zero-order valence-corrected chi connectivity index (χ0v) is 15.8. The van der Waals surface area contributed by atoms with E-state index in [1.54, 1.807) is 4.57 Å². The van der Waals surface area contributed by atoms with E-state index in [9.17, 15) is 14.0 Å². The molecule has 0 unspecified atom stereocenters. The van der Waals surface area contributed by atoms with Crippen LogP contribution in [0.15, 0.2) is 34.4 Å². The third-order valence-electron chi connectivity index (χ3n) is 4.79. The molecular formula is C19H24FN3O2S. The van der Waals surface area contributed by atoms with Crippen LogP contribution in [0.25, 0.3) is 0 Å². The maximum atomic E-state index is 13.0. The molecule has 1 aromatic carbocycles. The van der Waals surface area contributed by atoms with E-state index in [1.807, 2.05) is 29.3 Å². The Kier molecular flexibility index (Phi) is 6.21. The van der Waals surface area contributed by atoms with E-state index in [4.69, 9.17) is 0 Å². The number of carbonyl (C=O) groups excluding carboxylic acids is 1. The standard InChI is InChI=1S/C19H24FN3O2S/c1-15-14-26-19(25)23(15)10-7-18(24)22-9-2-8-21(11-12-22)13-16-3-5-17(20)6-4-16/h3-6,14H,2,7-13H2,1H3. The van der Waals surface area contributed by atoms with Gasteiger partial charge in [-0.15, -0.1) is 0 Å². The van der Waals surface area contributed by atoms with Crippen LogP contribution in [-0.4, -0.2) is 46.5 Å². The second-order valence-corrected chi connectivity index (χ2v) is 7.50. The summed E-state index contributed by atoms with van der Waals surface area (Å²) in [7, 11) is 0. The monoisotopic (exact) mass is 377 g/mol. The summed E-state index contributed by atoms with van der Waals surface area (Å²) < 4.78 is 14.7. The predicted octanol–water partition coefficient (Wildman–Crippen LogP) is 2.48. The van der Waals surface area contributed by atoms with Gasteiger partial charge >= 0.3 is 4.87 Å². The lowest BCUT2D eigenvalue weighted by atomic mass is 10.2. The van der Waals surface area contributed by atoms with Crippen LogP contribution in [0, 0.1) is 12.7 Å². The maximum absolute atomic E-state index is 13.0. The normalized spacial score (nSPS) is 15.8. The van der Waals surface area contributed by atoms with Crippen molar-refractivity contribution in [2.24, 2.45) is 0 Å². The van der Waals surface area contributed by atoms with Gasteiger partial charge < -0.3 is 9.47 Å². The number of hydrogen-bond donors (Lipinski definition) is 0. The van der Waals surface area contributed by atoms with Gasteiger partial charge in [0, 0.05) is 56.8 Å². The van der Waals surface area contributed by atoms with Crippen molar-refractivity contribution in [2.45, 2.75) is 32.9 Å². The second kappa shape index (κ2) is 8.60. The summed E-state index contributed by atoms with van der Waals surface area (Å²) >= 11 is 1.18. The molecule has 0 aliphatic carbocycles. The first-order chi connectivity index (χ1) is 12.5. The average Bonchev–Trinajstić information content (AvgIpc) is 2.82. The van der Waals surface area contributed by atoms with E-state index < -0.39 is 0 Å². The third-order valence-corrected chi connectivity index (χ3v) is 5.67. The molecule has 0 bridgehead atoms. The predicted molar refractivity (Wildman–Crippen MR) is 101 cm³/mol. The van der Waals surface area contributed by atoms with Crippen LogP contribution in [0.4, 0.5) is 4.39 Å². The Morgan fingerprint density at radius 1 is 1.15 bits per heavy atom. The lowest BCUT2D eigenvalue weighted by molar-refractivity contribution is -0.131. The topological polar surface area (TPSA) is 45.6 Å². The van der Waals surface area contributed by atoms with Crippen molar-refractivity contribution < 1.29 is 9.18 Å². The smallest absolute Gasteiger partial charge is 0.307 e. The fourth-order valence-electron chi connectivity index (χ4n) is 3.27. The van der Waals surface area contributed by atoms with Gasteiger partial charge in [0.1, 0.15) is 5.82 Å². The van der Waals surface area contributed by atoms with Crippen LogP contribution in [0.2, 0.25) is 0 Å². The van der Waals surface area contributed by atoms with Crippen LogP contribution in [-0.2, 0) is 17.9 Å². The molecule has 0 N–H and O–H groups in total. The number of nitrogens with zero attached hydrogens (tertiary/aromatic N) is 3. The Hall–Kier alpha value is -1.99. The third kappa shape index (κ3) is 4.80. The first kappa shape index (κ1) is 18.8. The zero-order valence-electron chi connectivity index (χ0n) is 15.0. The van der Waals surface area contributed by atoms with Gasteiger partial charge in [-0.25, -0.2) is 4.39 Å². The Labute approximate surface area is 156 Å². The van der Waals surface area contributed by atoms with Gasteiger partial charge in [-0.1, -0.05) is 23.5 Å². The number of aromatic nitrogens is 1. The molecule has 0 saturated carbocycles. The van der Waals surface area contributed by atoms with E-state index in [2.05, 4.69) is 4.90 Å². The maximum Gasteiger partial charge on any atom is 0.307 e. The van der Waals surface area contributed by atoms with Crippen molar-refractivity contribution in [3.8, 4) is 0 Å². The largest absolute Gasteiger partial charge is 0.341 e. The van der Waals surface area contributed by atoms with Gasteiger partial charge in [0.15, 0.2) is 0 Å². The van der Waals surface area contributed by atoms with Crippen molar-refractivity contribution in [1.29, 1.82) is 0 Å². The molecule has 1 fully saturated rings. The number of thiazole rings is 1. The number of aryl methyl sites for hydroxylation is 1. The van der Waals surface area contributed by atoms with Crippen LogP contribution >= 0.6 is 11.3 Å². The Balaban J connectivity index is 1.50. The molecule has 1 amide bonds. The number of carbonyl (C=O) groups is 1. The van der Waals surface area contributed by atoms with Gasteiger partial charge in [-0.05, 0) is 31.0 Å². The van der Waals surface area contributed by atoms with Gasteiger partial charge in [-0.3, -0.25) is 14.5 Å². The lowest BCUT2D eigenvalue weighted by Gasteiger charge is -2.22. The molecule has 26 heavy (non-hydrogen) atoms. The summed E-state index contributed by atoms with van der Waals surface area (Å²) in [5.41, 5.74) is 1.99. The number of amides is 1. The molecule has 140 valence electrons. The molecule has 1 aliphatic heterocycles. The van der Waals surface area contributed by atoms with Crippen LogP contribution in [0.3, 0.4) is 0 Å². The highest BCUT2D eigenvalue weighted by Gasteiger charge is 2.19. The molecular weight excluding hydrogens is 353 g/mol. The average molecular weight is 377 g/mol.